The molecular weight excluding hydrogens is 378 g/mol. The Bertz CT molecular complexity index is 996. The molecule has 0 saturated heterocycles. The molecule has 0 aliphatic carbocycles. The summed E-state index contributed by atoms with van der Waals surface area (Å²) < 4.78 is 10.8. The molecule has 7 nitrogen and oxygen atoms in total. The number of nitrogens with one attached hydrogen (secondary N) is 3. The van der Waals surface area contributed by atoms with Crippen molar-refractivity contribution in [1.29, 1.82) is 0 Å². The number of nitrogens with zero attached hydrogens (tertiary/aromatic N) is 2. The average molecular weight is 410 g/mol. The van der Waals surface area contributed by atoms with Crippen molar-refractivity contribution >= 4 is 16.9 Å². The number of benzene rings is 1. The van der Waals surface area contributed by atoms with Crippen molar-refractivity contribution in [2.75, 3.05) is 27.3 Å². The molecule has 3 rings (SSSR count). The Morgan fingerprint density at radius 1 is 1.17 bits per heavy atom. The van der Waals surface area contributed by atoms with Crippen LogP contribution in [0, 0.1) is 6.92 Å². The van der Waals surface area contributed by atoms with Crippen LogP contribution in [-0.2, 0) is 13.0 Å². The Morgan fingerprint density at radius 3 is 2.77 bits per heavy atom. The fourth-order valence-electron chi connectivity index (χ4n) is 3.32. The number of guanidine groups is 1. The van der Waals surface area contributed by atoms with Crippen LogP contribution < -0.4 is 20.1 Å². The first-order chi connectivity index (χ1) is 14.6. The lowest BCUT2D eigenvalue weighted by Gasteiger charge is -2.11. The number of aromatic amines is 1. The van der Waals surface area contributed by atoms with Gasteiger partial charge in [-0.15, -0.1) is 0 Å². The van der Waals surface area contributed by atoms with Crippen molar-refractivity contribution in [2.24, 2.45) is 4.99 Å². The van der Waals surface area contributed by atoms with E-state index in [0.717, 1.165) is 65.6 Å². The summed E-state index contributed by atoms with van der Waals surface area (Å²) in [6.45, 7) is 6.32. The minimum Gasteiger partial charge on any atom is -0.497 e. The highest BCUT2D eigenvalue weighted by Crippen LogP contribution is 2.31. The van der Waals surface area contributed by atoms with Gasteiger partial charge in [0.1, 0.15) is 11.5 Å². The highest BCUT2D eigenvalue weighted by molar-refractivity contribution is 5.88. The predicted molar refractivity (Wildman–Crippen MR) is 122 cm³/mol. The number of hydrogen-bond donors (Lipinski definition) is 3. The van der Waals surface area contributed by atoms with Crippen LogP contribution in [-0.4, -0.2) is 43.2 Å². The molecule has 0 aliphatic rings. The number of methoxy groups -OCH3 is 2. The third kappa shape index (κ3) is 5.43. The third-order valence-electron chi connectivity index (χ3n) is 4.95. The lowest BCUT2D eigenvalue weighted by molar-refractivity contribution is 0.398. The lowest BCUT2D eigenvalue weighted by atomic mass is 10.2. The molecule has 0 fully saturated rings. The van der Waals surface area contributed by atoms with Gasteiger partial charge in [0.15, 0.2) is 5.96 Å². The quantitative estimate of drug-likeness (QED) is 0.286. The number of rotatable bonds is 9. The minimum atomic E-state index is 0.561. The number of aryl methyl sites for hydroxylation is 2. The van der Waals surface area contributed by atoms with Gasteiger partial charge < -0.3 is 25.1 Å². The van der Waals surface area contributed by atoms with E-state index in [0.29, 0.717) is 6.54 Å². The second-order valence-electron chi connectivity index (χ2n) is 7.08. The van der Waals surface area contributed by atoms with Crippen LogP contribution in [0.2, 0.25) is 0 Å². The molecular formula is C23H31N5O2. The molecule has 0 radical (unpaired) electrons. The largest absolute Gasteiger partial charge is 0.497 e. The first-order valence-electron chi connectivity index (χ1n) is 10.3. The summed E-state index contributed by atoms with van der Waals surface area (Å²) in [6, 6.07) is 10.1. The Labute approximate surface area is 177 Å². The number of pyridine rings is 1. The molecule has 3 aromatic rings. The monoisotopic (exact) mass is 409 g/mol. The number of ether oxygens (including phenoxy) is 2. The Balaban J connectivity index is 1.57. The van der Waals surface area contributed by atoms with Gasteiger partial charge in [-0.1, -0.05) is 6.07 Å². The second kappa shape index (κ2) is 10.5. The molecule has 2 aromatic heterocycles. The van der Waals surface area contributed by atoms with Crippen molar-refractivity contribution in [3.8, 4) is 11.5 Å². The fourth-order valence-corrected chi connectivity index (χ4v) is 3.32. The van der Waals surface area contributed by atoms with Crippen molar-refractivity contribution in [3.63, 3.8) is 0 Å². The molecule has 30 heavy (non-hydrogen) atoms. The van der Waals surface area contributed by atoms with Gasteiger partial charge in [0.2, 0.25) is 0 Å². The van der Waals surface area contributed by atoms with Crippen LogP contribution in [0.25, 0.3) is 10.9 Å². The molecule has 3 N–H and O–H groups in total. The van der Waals surface area contributed by atoms with E-state index < -0.39 is 0 Å². The topological polar surface area (TPSA) is 83.6 Å². The van der Waals surface area contributed by atoms with E-state index in [1.807, 2.05) is 24.4 Å². The van der Waals surface area contributed by atoms with Crippen molar-refractivity contribution < 1.29 is 9.47 Å². The van der Waals surface area contributed by atoms with E-state index in [1.165, 1.54) is 5.69 Å². The van der Waals surface area contributed by atoms with Gasteiger partial charge >= 0.3 is 0 Å². The molecule has 0 unspecified atom stereocenters. The maximum absolute atomic E-state index is 5.50. The zero-order valence-corrected chi connectivity index (χ0v) is 18.2. The predicted octanol–water partition coefficient (Wildman–Crippen LogP) is 3.58. The standard InChI is InChI=1S/C23H31N5O2/c1-5-24-23(27-15-21-16(2)8-6-10-25-21)26-11-7-9-17-12-19-20(28-17)13-18(29-3)14-22(19)30-4/h6,8,10,12-14,28H,5,7,9,11,15H2,1-4H3,(H2,24,26,27). The van der Waals surface area contributed by atoms with Crippen molar-refractivity contribution in [3.05, 3.63) is 53.5 Å². The van der Waals surface area contributed by atoms with E-state index in [-0.39, 0.29) is 0 Å². The average Bonchev–Trinajstić information content (AvgIpc) is 3.18. The van der Waals surface area contributed by atoms with Gasteiger partial charge in [-0.05, 0) is 44.4 Å². The van der Waals surface area contributed by atoms with Crippen molar-refractivity contribution in [1.82, 2.24) is 20.6 Å². The summed E-state index contributed by atoms with van der Waals surface area (Å²) in [7, 11) is 3.34. The molecule has 7 heteroatoms. The summed E-state index contributed by atoms with van der Waals surface area (Å²) in [5.74, 6) is 2.41. The summed E-state index contributed by atoms with van der Waals surface area (Å²) in [5.41, 5.74) is 4.35. The summed E-state index contributed by atoms with van der Waals surface area (Å²) >= 11 is 0. The van der Waals surface area contributed by atoms with Gasteiger partial charge in [0.25, 0.3) is 0 Å². The lowest BCUT2D eigenvalue weighted by Crippen LogP contribution is -2.37. The van der Waals surface area contributed by atoms with Crippen LogP contribution in [0.15, 0.2) is 41.5 Å². The van der Waals surface area contributed by atoms with Gasteiger partial charge in [0.05, 0.1) is 32.0 Å². The first-order valence-corrected chi connectivity index (χ1v) is 10.3. The molecule has 0 spiro atoms. The van der Waals surface area contributed by atoms with Crippen LogP contribution in [0.5, 0.6) is 11.5 Å². The van der Waals surface area contributed by atoms with Crippen LogP contribution >= 0.6 is 0 Å². The highest BCUT2D eigenvalue weighted by atomic mass is 16.5. The SMILES string of the molecule is CCNC(=NCc1ncccc1C)NCCCc1cc2c(OC)cc(OC)cc2[nH]1. The maximum atomic E-state index is 5.50. The number of aromatic nitrogens is 2. The Kier molecular flexibility index (Phi) is 7.54. The maximum Gasteiger partial charge on any atom is 0.191 e. The number of fused-ring (bicyclic) bond motifs is 1. The summed E-state index contributed by atoms with van der Waals surface area (Å²) in [5, 5.41) is 7.77. The summed E-state index contributed by atoms with van der Waals surface area (Å²) in [6.07, 6.45) is 3.70. The normalized spacial score (nSPS) is 11.5. The molecule has 0 aliphatic heterocycles. The number of H-pyrrole nitrogens is 1. The van der Waals surface area contributed by atoms with Crippen LogP contribution in [0.1, 0.15) is 30.3 Å². The summed E-state index contributed by atoms with van der Waals surface area (Å²) in [4.78, 5) is 12.5. The van der Waals surface area contributed by atoms with E-state index in [4.69, 9.17) is 9.47 Å². The number of hydrogen-bond acceptors (Lipinski definition) is 4. The zero-order valence-electron chi connectivity index (χ0n) is 18.2. The smallest absolute Gasteiger partial charge is 0.191 e. The van der Waals surface area contributed by atoms with E-state index in [9.17, 15) is 0 Å². The zero-order chi connectivity index (χ0) is 21.3. The van der Waals surface area contributed by atoms with Crippen molar-refractivity contribution in [2.45, 2.75) is 33.2 Å². The molecule has 1 aromatic carbocycles. The van der Waals surface area contributed by atoms with Gasteiger partial charge in [-0.3, -0.25) is 4.98 Å². The number of aliphatic imine (C=N–C) groups is 1. The molecule has 0 atom stereocenters. The second-order valence-corrected chi connectivity index (χ2v) is 7.08. The van der Waals surface area contributed by atoms with Gasteiger partial charge in [-0.2, -0.15) is 0 Å². The molecule has 0 amide bonds. The minimum absolute atomic E-state index is 0.561. The first kappa shape index (κ1) is 21.5. The van der Waals surface area contributed by atoms with E-state index in [2.05, 4.69) is 51.6 Å². The molecule has 0 bridgehead atoms. The molecule has 2 heterocycles. The highest BCUT2D eigenvalue weighted by Gasteiger charge is 2.09. The molecule has 160 valence electrons. The van der Waals surface area contributed by atoms with Crippen LogP contribution in [0.4, 0.5) is 0 Å². The van der Waals surface area contributed by atoms with E-state index in [1.54, 1.807) is 14.2 Å². The Hall–Kier alpha value is -3.22. The van der Waals surface area contributed by atoms with Gasteiger partial charge in [-0.25, -0.2) is 4.99 Å². The fraction of sp³-hybridized carbons (Fsp3) is 0.391. The van der Waals surface area contributed by atoms with Crippen LogP contribution in [0.3, 0.4) is 0 Å². The molecule has 0 saturated carbocycles. The van der Waals surface area contributed by atoms with Gasteiger partial charge in [0, 0.05) is 42.5 Å². The van der Waals surface area contributed by atoms with E-state index >= 15 is 0 Å². The Morgan fingerprint density at radius 2 is 2.03 bits per heavy atom. The third-order valence-corrected chi connectivity index (χ3v) is 4.95.